The maximum atomic E-state index is 13.6. The van der Waals surface area contributed by atoms with Gasteiger partial charge in [0.2, 0.25) is 0 Å². The van der Waals surface area contributed by atoms with E-state index in [1.165, 1.54) is 0 Å². The number of carbonyl (C=O) groups excluding carboxylic acids is 1. The number of hydrogen-bond donors (Lipinski definition) is 2. The van der Waals surface area contributed by atoms with Crippen LogP contribution in [0.3, 0.4) is 0 Å². The van der Waals surface area contributed by atoms with Crippen molar-refractivity contribution in [3.05, 3.63) is 83.0 Å². The lowest BCUT2D eigenvalue weighted by Gasteiger charge is -2.25. The summed E-state index contributed by atoms with van der Waals surface area (Å²) in [6, 6.07) is 20.0. The summed E-state index contributed by atoms with van der Waals surface area (Å²) in [7, 11) is 0. The lowest BCUT2D eigenvalue weighted by molar-refractivity contribution is 0.0928. The summed E-state index contributed by atoms with van der Waals surface area (Å²) in [5.74, 6) is 1.48. The largest absolute Gasteiger partial charge is 0.368 e. The lowest BCUT2D eigenvalue weighted by Crippen LogP contribution is -2.43. The van der Waals surface area contributed by atoms with Gasteiger partial charge in [-0.1, -0.05) is 74.0 Å². The third-order valence-electron chi connectivity index (χ3n) is 5.78. The van der Waals surface area contributed by atoms with Crippen LogP contribution in [0.1, 0.15) is 48.5 Å². The summed E-state index contributed by atoms with van der Waals surface area (Å²) in [4.78, 5) is 17.9. The average molecular weight is 434 g/mol. The summed E-state index contributed by atoms with van der Waals surface area (Å²) >= 11 is 5.92. The van der Waals surface area contributed by atoms with E-state index >= 15 is 0 Å². The van der Waals surface area contributed by atoms with Gasteiger partial charge in [-0.2, -0.15) is 0 Å². The molecule has 1 fully saturated rings. The van der Waals surface area contributed by atoms with E-state index in [4.69, 9.17) is 11.6 Å². The molecular weight excluding hydrogens is 406 g/mol. The van der Waals surface area contributed by atoms with Gasteiger partial charge in [0, 0.05) is 18.8 Å². The van der Waals surface area contributed by atoms with Gasteiger partial charge in [0.25, 0.3) is 5.91 Å². The van der Waals surface area contributed by atoms with Gasteiger partial charge < -0.3 is 10.6 Å². The van der Waals surface area contributed by atoms with Crippen LogP contribution in [0, 0.1) is 5.92 Å². The number of amides is 1. The highest BCUT2D eigenvalue weighted by molar-refractivity contribution is 6.30. The molecule has 0 unspecified atom stereocenters. The highest BCUT2D eigenvalue weighted by Gasteiger charge is 2.30. The molecule has 2 aromatic carbocycles. The fourth-order valence-electron chi connectivity index (χ4n) is 3.81. The molecule has 4 nitrogen and oxygen atoms in total. The average Bonchev–Trinajstić information content (AvgIpc) is 3.63. The predicted octanol–water partition coefficient (Wildman–Crippen LogP) is 6.15. The van der Waals surface area contributed by atoms with Gasteiger partial charge in [-0.3, -0.25) is 4.79 Å². The number of anilines is 1. The van der Waals surface area contributed by atoms with E-state index in [1.807, 2.05) is 24.3 Å². The van der Waals surface area contributed by atoms with Crippen LogP contribution in [0.4, 0.5) is 5.82 Å². The number of carbonyl (C=O) groups is 1. The van der Waals surface area contributed by atoms with Crippen LogP contribution in [-0.4, -0.2) is 23.5 Å². The fourth-order valence-corrected chi connectivity index (χ4v) is 3.92. The molecule has 0 saturated heterocycles. The van der Waals surface area contributed by atoms with Crippen LogP contribution in [0.5, 0.6) is 0 Å². The van der Waals surface area contributed by atoms with Crippen molar-refractivity contribution in [3.8, 4) is 11.1 Å². The standard InChI is InChI=1S/C26H28ClN3O/c1-17(2)23(16-29-24-14-13-20(27)15-28-24)30-26(31)25-21(18-7-4-3-5-8-18)9-6-10-22(25)19-11-12-19/h3-10,13-15,17,19,23H,11-12,16H2,1-2H3,(H,28,29)(H,30,31)/t23-/m1/s1. The number of nitrogens with zero attached hydrogens (tertiary/aromatic N) is 1. The Morgan fingerprint density at radius 3 is 2.48 bits per heavy atom. The Balaban J connectivity index is 1.58. The van der Waals surface area contributed by atoms with Crippen molar-refractivity contribution in [2.75, 3.05) is 11.9 Å². The van der Waals surface area contributed by atoms with Crippen molar-refractivity contribution in [1.82, 2.24) is 10.3 Å². The number of benzene rings is 2. The van der Waals surface area contributed by atoms with Gasteiger partial charge in [-0.05, 0) is 53.5 Å². The molecule has 1 saturated carbocycles. The topological polar surface area (TPSA) is 54.0 Å². The van der Waals surface area contributed by atoms with Crippen molar-refractivity contribution in [1.29, 1.82) is 0 Å². The normalized spacial score (nSPS) is 14.3. The molecule has 3 aromatic rings. The number of hydrogen-bond acceptors (Lipinski definition) is 3. The minimum atomic E-state index is -0.0409. The quantitative estimate of drug-likeness (QED) is 0.448. The Morgan fingerprint density at radius 1 is 1.06 bits per heavy atom. The smallest absolute Gasteiger partial charge is 0.252 e. The van der Waals surface area contributed by atoms with E-state index in [-0.39, 0.29) is 17.9 Å². The predicted molar refractivity (Wildman–Crippen MR) is 128 cm³/mol. The van der Waals surface area contributed by atoms with Crippen molar-refractivity contribution in [2.24, 2.45) is 5.92 Å². The molecule has 1 aliphatic carbocycles. The van der Waals surface area contributed by atoms with Crippen LogP contribution in [0.25, 0.3) is 11.1 Å². The minimum Gasteiger partial charge on any atom is -0.368 e. The third kappa shape index (κ3) is 5.26. The third-order valence-corrected chi connectivity index (χ3v) is 6.00. The minimum absolute atomic E-state index is 0.00841. The van der Waals surface area contributed by atoms with Crippen LogP contribution in [0.2, 0.25) is 5.02 Å². The Kier molecular flexibility index (Phi) is 6.57. The molecule has 1 aromatic heterocycles. The first kappa shape index (κ1) is 21.4. The molecule has 1 amide bonds. The van der Waals surface area contributed by atoms with Crippen molar-refractivity contribution in [2.45, 2.75) is 38.6 Å². The highest BCUT2D eigenvalue weighted by atomic mass is 35.5. The Hall–Kier alpha value is -2.85. The zero-order chi connectivity index (χ0) is 21.8. The summed E-state index contributed by atoms with van der Waals surface area (Å²) in [5, 5.41) is 7.22. The Morgan fingerprint density at radius 2 is 1.84 bits per heavy atom. The highest BCUT2D eigenvalue weighted by Crippen LogP contribution is 2.43. The lowest BCUT2D eigenvalue weighted by atomic mass is 9.92. The molecule has 0 spiro atoms. The number of pyridine rings is 1. The van der Waals surface area contributed by atoms with Gasteiger partial charge in [0.1, 0.15) is 5.82 Å². The van der Waals surface area contributed by atoms with E-state index in [1.54, 1.807) is 12.3 Å². The molecule has 0 bridgehead atoms. The molecule has 5 heteroatoms. The second-order valence-electron chi connectivity index (χ2n) is 8.48. The first-order valence-electron chi connectivity index (χ1n) is 10.9. The Labute approximate surface area is 189 Å². The first-order valence-corrected chi connectivity index (χ1v) is 11.3. The monoisotopic (exact) mass is 433 g/mol. The van der Waals surface area contributed by atoms with Crippen molar-refractivity contribution < 1.29 is 4.79 Å². The second-order valence-corrected chi connectivity index (χ2v) is 8.91. The van der Waals surface area contributed by atoms with E-state index in [9.17, 15) is 4.79 Å². The van der Waals surface area contributed by atoms with Gasteiger partial charge >= 0.3 is 0 Å². The van der Waals surface area contributed by atoms with Crippen LogP contribution in [0.15, 0.2) is 66.9 Å². The van der Waals surface area contributed by atoms with Crippen molar-refractivity contribution in [3.63, 3.8) is 0 Å². The molecule has 31 heavy (non-hydrogen) atoms. The molecule has 0 aliphatic heterocycles. The van der Waals surface area contributed by atoms with E-state index in [0.717, 1.165) is 40.9 Å². The summed E-state index contributed by atoms with van der Waals surface area (Å²) < 4.78 is 0. The number of halogens is 1. The zero-order valence-corrected chi connectivity index (χ0v) is 18.7. The van der Waals surface area contributed by atoms with Crippen LogP contribution < -0.4 is 10.6 Å². The molecule has 0 radical (unpaired) electrons. The molecular formula is C26H28ClN3O. The molecule has 1 heterocycles. The molecule has 1 aliphatic rings. The summed E-state index contributed by atoms with van der Waals surface area (Å²) in [6.45, 7) is 4.82. The maximum Gasteiger partial charge on any atom is 0.252 e. The summed E-state index contributed by atoms with van der Waals surface area (Å²) in [5.41, 5.74) is 4.04. The fraction of sp³-hybridized carbons (Fsp3) is 0.308. The second kappa shape index (κ2) is 9.52. The van der Waals surface area contributed by atoms with Crippen LogP contribution in [-0.2, 0) is 0 Å². The van der Waals surface area contributed by atoms with E-state index in [0.29, 0.717) is 17.5 Å². The van der Waals surface area contributed by atoms with Gasteiger partial charge in [0.05, 0.1) is 10.6 Å². The van der Waals surface area contributed by atoms with E-state index < -0.39 is 0 Å². The Bertz CT molecular complexity index is 1030. The zero-order valence-electron chi connectivity index (χ0n) is 17.9. The maximum absolute atomic E-state index is 13.6. The van der Waals surface area contributed by atoms with Gasteiger partial charge in [-0.15, -0.1) is 0 Å². The molecule has 1 atom stereocenters. The van der Waals surface area contributed by atoms with E-state index in [2.05, 4.69) is 59.8 Å². The number of nitrogens with one attached hydrogen (secondary N) is 2. The first-order chi connectivity index (χ1) is 15.0. The number of rotatable bonds is 8. The van der Waals surface area contributed by atoms with Gasteiger partial charge in [-0.25, -0.2) is 4.98 Å². The van der Waals surface area contributed by atoms with Crippen LogP contribution >= 0.6 is 11.6 Å². The SMILES string of the molecule is CC(C)[C@@H](CNc1ccc(Cl)cn1)NC(=O)c1c(-c2ccccc2)cccc1C1CC1. The van der Waals surface area contributed by atoms with Gasteiger partial charge in [0.15, 0.2) is 0 Å². The molecule has 160 valence electrons. The molecule has 4 rings (SSSR count). The molecule has 2 N–H and O–H groups in total. The number of aromatic nitrogens is 1. The van der Waals surface area contributed by atoms with Crippen molar-refractivity contribution >= 4 is 23.3 Å². The summed E-state index contributed by atoms with van der Waals surface area (Å²) in [6.07, 6.45) is 3.91.